The number of piperidine rings is 1. The topological polar surface area (TPSA) is 89.5 Å². The van der Waals surface area contributed by atoms with E-state index in [1.807, 2.05) is 0 Å². The van der Waals surface area contributed by atoms with Gasteiger partial charge in [-0.1, -0.05) is 0 Å². The van der Waals surface area contributed by atoms with Crippen LogP contribution in [-0.2, 0) is 11.0 Å². The van der Waals surface area contributed by atoms with Crippen molar-refractivity contribution < 1.29 is 22.9 Å². The van der Waals surface area contributed by atoms with Crippen LogP contribution in [0.25, 0.3) is 0 Å². The third kappa shape index (κ3) is 4.11. The summed E-state index contributed by atoms with van der Waals surface area (Å²) in [6.45, 7) is 0.933. The zero-order valence-electron chi connectivity index (χ0n) is 12.2. The average molecular weight is 331 g/mol. The molecule has 1 heterocycles. The molecule has 1 fully saturated rings. The maximum absolute atomic E-state index is 13.0. The summed E-state index contributed by atoms with van der Waals surface area (Å²) in [5.41, 5.74) is 3.19. The number of nitro benzene ring substituents is 1. The first-order chi connectivity index (χ1) is 10.7. The van der Waals surface area contributed by atoms with E-state index in [-0.39, 0.29) is 18.0 Å². The molecule has 1 aromatic carbocycles. The van der Waals surface area contributed by atoms with E-state index in [4.69, 9.17) is 5.73 Å². The van der Waals surface area contributed by atoms with Crippen molar-refractivity contribution in [2.45, 2.75) is 25.4 Å². The van der Waals surface area contributed by atoms with E-state index in [0.29, 0.717) is 13.1 Å². The van der Waals surface area contributed by atoms with Gasteiger partial charge in [0.15, 0.2) is 0 Å². The predicted molar refractivity (Wildman–Crippen MR) is 76.8 cm³/mol. The van der Waals surface area contributed by atoms with Crippen LogP contribution < -0.4 is 10.6 Å². The number of carbonyl (C=O) groups excluding carboxylic acids is 1. The molecule has 1 aliphatic heterocycles. The molecule has 23 heavy (non-hydrogen) atoms. The predicted octanol–water partition coefficient (Wildman–Crippen LogP) is 2.71. The standard InChI is InChI=1S/C14H16F3N3O3/c15-14(16,17)11-7-10(3-4-12(11)20(22)23)19-5-1-2-9(8-19)6-13(18)21/h3-4,7,9H,1-2,5-6,8H2,(H2,18,21). The Kier molecular flexibility index (Phi) is 4.76. The Morgan fingerprint density at radius 2 is 2.13 bits per heavy atom. The van der Waals surface area contributed by atoms with Gasteiger partial charge in [-0.3, -0.25) is 14.9 Å². The second kappa shape index (κ2) is 6.43. The lowest BCUT2D eigenvalue weighted by Crippen LogP contribution is -2.37. The first-order valence-corrected chi connectivity index (χ1v) is 7.07. The fourth-order valence-corrected chi connectivity index (χ4v) is 2.86. The number of nitrogens with two attached hydrogens (primary N) is 1. The first-order valence-electron chi connectivity index (χ1n) is 7.07. The highest BCUT2D eigenvalue weighted by molar-refractivity contribution is 5.74. The van der Waals surface area contributed by atoms with Gasteiger partial charge in [-0.2, -0.15) is 13.2 Å². The van der Waals surface area contributed by atoms with Crippen LogP contribution in [0.2, 0.25) is 0 Å². The Morgan fingerprint density at radius 1 is 1.43 bits per heavy atom. The minimum atomic E-state index is -4.80. The zero-order valence-corrected chi connectivity index (χ0v) is 12.2. The maximum atomic E-state index is 13.0. The lowest BCUT2D eigenvalue weighted by Gasteiger charge is -2.34. The lowest BCUT2D eigenvalue weighted by molar-refractivity contribution is -0.388. The summed E-state index contributed by atoms with van der Waals surface area (Å²) in [6.07, 6.45) is -3.13. The summed E-state index contributed by atoms with van der Waals surface area (Å²) in [5.74, 6) is -0.470. The van der Waals surface area contributed by atoms with Crippen molar-refractivity contribution in [3.63, 3.8) is 0 Å². The number of halogens is 3. The highest BCUT2D eigenvalue weighted by Crippen LogP contribution is 2.39. The number of nitro groups is 1. The van der Waals surface area contributed by atoms with Gasteiger partial charge in [0.05, 0.1) is 4.92 Å². The van der Waals surface area contributed by atoms with E-state index in [1.165, 1.54) is 6.07 Å². The third-order valence-electron chi connectivity index (χ3n) is 3.86. The van der Waals surface area contributed by atoms with Gasteiger partial charge in [0.2, 0.25) is 5.91 Å². The summed E-state index contributed by atoms with van der Waals surface area (Å²) < 4.78 is 39.1. The number of primary amides is 1. The highest BCUT2D eigenvalue weighted by atomic mass is 19.4. The molecule has 1 amide bonds. The van der Waals surface area contributed by atoms with Crippen LogP contribution in [0.4, 0.5) is 24.5 Å². The second-order valence-electron chi connectivity index (χ2n) is 5.58. The number of amides is 1. The second-order valence-corrected chi connectivity index (χ2v) is 5.58. The fraction of sp³-hybridized carbons (Fsp3) is 0.500. The van der Waals surface area contributed by atoms with Gasteiger partial charge in [0, 0.05) is 31.3 Å². The average Bonchev–Trinajstić information content (AvgIpc) is 2.45. The van der Waals surface area contributed by atoms with Crippen LogP contribution in [0.15, 0.2) is 18.2 Å². The number of alkyl halides is 3. The van der Waals surface area contributed by atoms with Crippen LogP contribution >= 0.6 is 0 Å². The van der Waals surface area contributed by atoms with E-state index < -0.39 is 28.3 Å². The Labute approximate surface area is 130 Å². The van der Waals surface area contributed by atoms with Gasteiger partial charge in [-0.05, 0) is 30.9 Å². The third-order valence-corrected chi connectivity index (χ3v) is 3.86. The van der Waals surface area contributed by atoms with E-state index in [9.17, 15) is 28.1 Å². The van der Waals surface area contributed by atoms with Crippen molar-refractivity contribution in [1.82, 2.24) is 0 Å². The molecule has 126 valence electrons. The molecule has 2 rings (SSSR count). The molecule has 0 saturated carbocycles. The number of carbonyl (C=O) groups is 1. The maximum Gasteiger partial charge on any atom is 0.423 e. The normalized spacial score (nSPS) is 18.7. The summed E-state index contributed by atoms with van der Waals surface area (Å²) in [4.78, 5) is 22.4. The molecular formula is C14H16F3N3O3. The molecule has 6 nitrogen and oxygen atoms in total. The summed E-state index contributed by atoms with van der Waals surface area (Å²) in [5, 5.41) is 10.8. The molecule has 0 aromatic heterocycles. The minimum Gasteiger partial charge on any atom is -0.371 e. The molecule has 0 radical (unpaired) electrons. The van der Waals surface area contributed by atoms with Gasteiger partial charge in [-0.25, -0.2) is 0 Å². The number of hydrogen-bond donors (Lipinski definition) is 1. The summed E-state index contributed by atoms with van der Waals surface area (Å²) in [7, 11) is 0. The van der Waals surface area contributed by atoms with Crippen molar-refractivity contribution in [2.24, 2.45) is 11.7 Å². The summed E-state index contributed by atoms with van der Waals surface area (Å²) in [6, 6.07) is 2.97. The van der Waals surface area contributed by atoms with E-state index >= 15 is 0 Å². The smallest absolute Gasteiger partial charge is 0.371 e. The molecule has 1 saturated heterocycles. The molecule has 1 aliphatic rings. The number of nitrogens with zero attached hydrogens (tertiary/aromatic N) is 2. The molecule has 0 spiro atoms. The molecule has 0 aliphatic carbocycles. The quantitative estimate of drug-likeness (QED) is 0.678. The molecule has 2 N–H and O–H groups in total. The first kappa shape index (κ1) is 17.0. The largest absolute Gasteiger partial charge is 0.423 e. The van der Waals surface area contributed by atoms with Crippen molar-refractivity contribution in [3.8, 4) is 0 Å². The zero-order chi connectivity index (χ0) is 17.2. The van der Waals surface area contributed by atoms with Gasteiger partial charge >= 0.3 is 6.18 Å². The van der Waals surface area contributed by atoms with Crippen LogP contribution in [0, 0.1) is 16.0 Å². The van der Waals surface area contributed by atoms with Crippen LogP contribution in [0.5, 0.6) is 0 Å². The molecule has 1 atom stereocenters. The monoisotopic (exact) mass is 331 g/mol. The van der Waals surface area contributed by atoms with Gasteiger partial charge in [-0.15, -0.1) is 0 Å². The number of hydrogen-bond acceptors (Lipinski definition) is 4. The minimum absolute atomic E-state index is 0.0224. The Morgan fingerprint density at radius 3 is 2.70 bits per heavy atom. The molecule has 1 aromatic rings. The number of anilines is 1. The van der Waals surface area contributed by atoms with Crippen molar-refractivity contribution in [3.05, 3.63) is 33.9 Å². The Hall–Kier alpha value is -2.32. The molecular weight excluding hydrogens is 315 g/mol. The van der Waals surface area contributed by atoms with E-state index in [0.717, 1.165) is 25.0 Å². The van der Waals surface area contributed by atoms with Crippen molar-refractivity contribution >= 4 is 17.3 Å². The van der Waals surface area contributed by atoms with Crippen molar-refractivity contribution in [1.29, 1.82) is 0 Å². The Balaban J connectivity index is 2.29. The molecule has 1 unspecified atom stereocenters. The van der Waals surface area contributed by atoms with E-state index in [1.54, 1.807) is 4.90 Å². The van der Waals surface area contributed by atoms with Crippen molar-refractivity contribution in [2.75, 3.05) is 18.0 Å². The summed E-state index contributed by atoms with van der Waals surface area (Å²) >= 11 is 0. The van der Waals surface area contributed by atoms with E-state index in [2.05, 4.69) is 0 Å². The van der Waals surface area contributed by atoms with Crippen LogP contribution in [0.3, 0.4) is 0 Å². The van der Waals surface area contributed by atoms with Crippen LogP contribution in [0.1, 0.15) is 24.8 Å². The van der Waals surface area contributed by atoms with Gasteiger partial charge in [0.1, 0.15) is 5.56 Å². The van der Waals surface area contributed by atoms with Crippen LogP contribution in [-0.4, -0.2) is 23.9 Å². The molecule has 0 bridgehead atoms. The SMILES string of the molecule is NC(=O)CC1CCCN(c2ccc([N+](=O)[O-])c(C(F)(F)F)c2)C1. The molecule has 9 heteroatoms. The number of rotatable bonds is 4. The number of benzene rings is 1. The Bertz CT molecular complexity index is 619. The van der Waals surface area contributed by atoms with Gasteiger partial charge < -0.3 is 10.6 Å². The highest BCUT2D eigenvalue weighted by Gasteiger charge is 2.39. The fourth-order valence-electron chi connectivity index (χ4n) is 2.86. The van der Waals surface area contributed by atoms with Gasteiger partial charge in [0.25, 0.3) is 5.69 Å². The lowest BCUT2D eigenvalue weighted by atomic mass is 9.94.